The molecule has 1 amide bonds. The van der Waals surface area contributed by atoms with E-state index in [1.165, 1.54) is 12.1 Å². The molecule has 1 N–H and O–H groups in total. The fraction of sp³-hybridized carbons (Fsp3) is 0.130. The van der Waals surface area contributed by atoms with Gasteiger partial charge >= 0.3 is 5.97 Å². The minimum absolute atomic E-state index is 0.0402. The largest absolute Gasteiger partial charge is 0.457 e. The van der Waals surface area contributed by atoms with Crippen LogP contribution in [-0.2, 0) is 14.3 Å². The Morgan fingerprint density at radius 1 is 1.00 bits per heavy atom. The number of carbonyl (C=O) groups excluding carboxylic acids is 2. The maximum Gasteiger partial charge on any atom is 0.318 e. The molecule has 0 bridgehead atoms. The van der Waals surface area contributed by atoms with Crippen LogP contribution in [0.5, 0.6) is 11.5 Å². The molecule has 0 radical (unpaired) electrons. The number of hydrogen-bond donors (Lipinski definition) is 1. The molecule has 3 aromatic rings. The van der Waals surface area contributed by atoms with Crippen LogP contribution in [0.4, 0.5) is 10.1 Å². The van der Waals surface area contributed by atoms with E-state index < -0.39 is 30.2 Å². The van der Waals surface area contributed by atoms with Gasteiger partial charge in [-0.15, -0.1) is 0 Å². The number of carbonyl (C=O) groups is 2. The molecule has 1 heterocycles. The van der Waals surface area contributed by atoms with Crippen molar-refractivity contribution in [1.82, 2.24) is 0 Å². The third kappa shape index (κ3) is 3.82. The van der Waals surface area contributed by atoms with Crippen LogP contribution in [0, 0.1) is 12.7 Å². The number of aryl methyl sites for hydroxylation is 1. The van der Waals surface area contributed by atoms with Crippen molar-refractivity contribution in [3.8, 4) is 11.5 Å². The minimum atomic E-state index is -0.708. The molecule has 0 saturated carbocycles. The highest BCUT2D eigenvalue weighted by atomic mass is 19.1. The first-order valence-corrected chi connectivity index (χ1v) is 9.11. The Morgan fingerprint density at radius 2 is 1.62 bits per heavy atom. The second-order valence-electron chi connectivity index (χ2n) is 6.75. The number of benzene rings is 3. The summed E-state index contributed by atoms with van der Waals surface area (Å²) in [5.74, 6) is -1.31. The van der Waals surface area contributed by atoms with Gasteiger partial charge in [0, 0.05) is 11.1 Å². The summed E-state index contributed by atoms with van der Waals surface area (Å²) in [7, 11) is 0. The molecule has 1 aliphatic rings. The molecule has 0 fully saturated rings. The Kier molecular flexibility index (Phi) is 4.99. The number of amides is 1. The average molecular weight is 391 g/mol. The summed E-state index contributed by atoms with van der Waals surface area (Å²) in [5.41, 5.74) is 2.12. The first-order valence-electron chi connectivity index (χ1n) is 9.11. The SMILES string of the molecule is Cc1ccc(NC(=O)COC(=O)C2c3ccccc3Oc3ccccc32)c(F)c1. The number of anilines is 1. The molecule has 29 heavy (non-hydrogen) atoms. The van der Waals surface area contributed by atoms with Crippen molar-refractivity contribution >= 4 is 17.6 Å². The van der Waals surface area contributed by atoms with Crippen molar-refractivity contribution in [2.24, 2.45) is 0 Å². The van der Waals surface area contributed by atoms with E-state index in [4.69, 9.17) is 9.47 Å². The Hall–Kier alpha value is -3.67. The first kappa shape index (κ1) is 18.7. The smallest absolute Gasteiger partial charge is 0.318 e. The van der Waals surface area contributed by atoms with Crippen molar-refractivity contribution < 1.29 is 23.5 Å². The van der Waals surface area contributed by atoms with Gasteiger partial charge in [0.25, 0.3) is 5.91 Å². The zero-order valence-electron chi connectivity index (χ0n) is 15.6. The number of rotatable bonds is 4. The first-order chi connectivity index (χ1) is 14.0. The standard InChI is InChI=1S/C23H18FNO4/c1-14-10-11-18(17(24)12-14)25-21(26)13-28-23(27)22-15-6-2-4-8-19(15)29-20-9-5-3-7-16(20)22/h2-12,22H,13H2,1H3,(H,25,26). The van der Waals surface area contributed by atoms with Gasteiger partial charge in [0.1, 0.15) is 23.2 Å². The van der Waals surface area contributed by atoms with E-state index in [2.05, 4.69) is 5.32 Å². The molecule has 0 atom stereocenters. The summed E-state index contributed by atoms with van der Waals surface area (Å²) in [6.45, 7) is 1.23. The van der Waals surface area contributed by atoms with Crippen LogP contribution >= 0.6 is 0 Å². The predicted molar refractivity (Wildman–Crippen MR) is 106 cm³/mol. The number of fused-ring (bicyclic) bond motifs is 2. The van der Waals surface area contributed by atoms with Crippen LogP contribution in [0.3, 0.4) is 0 Å². The fourth-order valence-corrected chi connectivity index (χ4v) is 3.29. The quantitative estimate of drug-likeness (QED) is 0.663. The van der Waals surface area contributed by atoms with E-state index in [-0.39, 0.29) is 5.69 Å². The summed E-state index contributed by atoms with van der Waals surface area (Å²) in [4.78, 5) is 25.0. The lowest BCUT2D eigenvalue weighted by Crippen LogP contribution is -2.26. The summed E-state index contributed by atoms with van der Waals surface area (Å²) in [6.07, 6.45) is 0. The summed E-state index contributed by atoms with van der Waals surface area (Å²) in [6, 6.07) is 18.9. The molecule has 1 aliphatic heterocycles. The van der Waals surface area contributed by atoms with E-state index in [0.29, 0.717) is 22.6 Å². The number of para-hydroxylation sites is 2. The predicted octanol–water partition coefficient (Wildman–Crippen LogP) is 4.55. The maximum absolute atomic E-state index is 13.9. The van der Waals surface area contributed by atoms with E-state index in [1.54, 1.807) is 37.3 Å². The van der Waals surface area contributed by atoms with Crippen LogP contribution in [0.2, 0.25) is 0 Å². The topological polar surface area (TPSA) is 64.6 Å². The highest BCUT2D eigenvalue weighted by Crippen LogP contribution is 2.44. The summed E-state index contributed by atoms with van der Waals surface area (Å²) in [5, 5.41) is 2.42. The molecule has 3 aromatic carbocycles. The van der Waals surface area contributed by atoms with Crippen molar-refractivity contribution in [2.45, 2.75) is 12.8 Å². The van der Waals surface area contributed by atoms with Gasteiger partial charge < -0.3 is 14.8 Å². The normalized spacial score (nSPS) is 12.3. The van der Waals surface area contributed by atoms with Gasteiger partial charge in [-0.25, -0.2) is 4.39 Å². The van der Waals surface area contributed by atoms with Gasteiger partial charge in [0.05, 0.1) is 5.69 Å². The second-order valence-corrected chi connectivity index (χ2v) is 6.75. The van der Waals surface area contributed by atoms with Crippen molar-refractivity contribution in [3.05, 3.63) is 89.2 Å². The van der Waals surface area contributed by atoms with Crippen LogP contribution in [0.25, 0.3) is 0 Å². The summed E-state index contributed by atoms with van der Waals surface area (Å²) < 4.78 is 25.0. The van der Waals surface area contributed by atoms with Crippen molar-refractivity contribution in [1.29, 1.82) is 0 Å². The van der Waals surface area contributed by atoms with Gasteiger partial charge in [-0.2, -0.15) is 0 Å². The number of esters is 1. The van der Waals surface area contributed by atoms with Gasteiger partial charge in [-0.3, -0.25) is 9.59 Å². The summed E-state index contributed by atoms with van der Waals surface area (Å²) >= 11 is 0. The lowest BCUT2D eigenvalue weighted by molar-refractivity contribution is -0.148. The van der Waals surface area contributed by atoms with E-state index >= 15 is 0 Å². The molecule has 0 unspecified atom stereocenters. The Bertz CT molecular complexity index is 1050. The fourth-order valence-electron chi connectivity index (χ4n) is 3.29. The van der Waals surface area contributed by atoms with Crippen molar-refractivity contribution in [3.63, 3.8) is 0 Å². The number of hydrogen-bond acceptors (Lipinski definition) is 4. The molecule has 6 heteroatoms. The van der Waals surface area contributed by atoms with Crippen LogP contribution in [-0.4, -0.2) is 18.5 Å². The van der Waals surface area contributed by atoms with Gasteiger partial charge in [0.2, 0.25) is 0 Å². The molecule has 0 aliphatic carbocycles. The third-order valence-electron chi connectivity index (χ3n) is 4.66. The highest BCUT2D eigenvalue weighted by Gasteiger charge is 2.33. The minimum Gasteiger partial charge on any atom is -0.457 e. The van der Waals surface area contributed by atoms with E-state index in [9.17, 15) is 14.0 Å². The van der Waals surface area contributed by atoms with E-state index in [0.717, 1.165) is 5.56 Å². The van der Waals surface area contributed by atoms with Crippen molar-refractivity contribution in [2.75, 3.05) is 11.9 Å². The monoisotopic (exact) mass is 391 g/mol. The molecule has 146 valence electrons. The van der Waals surface area contributed by atoms with Crippen LogP contribution in [0.1, 0.15) is 22.6 Å². The van der Waals surface area contributed by atoms with Crippen LogP contribution < -0.4 is 10.1 Å². The molecule has 4 rings (SSSR count). The molecule has 0 aromatic heterocycles. The highest BCUT2D eigenvalue weighted by molar-refractivity contribution is 5.94. The van der Waals surface area contributed by atoms with Gasteiger partial charge in [-0.1, -0.05) is 42.5 Å². The number of halogens is 1. The van der Waals surface area contributed by atoms with Gasteiger partial charge in [-0.05, 0) is 36.8 Å². The molecular formula is C23H18FNO4. The number of ether oxygens (including phenoxy) is 2. The Balaban J connectivity index is 1.49. The maximum atomic E-state index is 13.9. The van der Waals surface area contributed by atoms with Gasteiger partial charge in [0.15, 0.2) is 6.61 Å². The Morgan fingerprint density at radius 3 is 2.24 bits per heavy atom. The zero-order valence-corrected chi connectivity index (χ0v) is 15.6. The molecule has 5 nitrogen and oxygen atoms in total. The average Bonchev–Trinajstić information content (AvgIpc) is 2.72. The third-order valence-corrected chi connectivity index (χ3v) is 4.66. The Labute approximate surface area is 167 Å². The number of nitrogens with one attached hydrogen (secondary N) is 1. The molecule has 0 saturated heterocycles. The lowest BCUT2D eigenvalue weighted by Gasteiger charge is -2.26. The lowest BCUT2D eigenvalue weighted by atomic mass is 9.88. The second kappa shape index (κ2) is 7.75. The van der Waals surface area contributed by atoms with Crippen LogP contribution in [0.15, 0.2) is 66.7 Å². The molecule has 0 spiro atoms. The molecular weight excluding hydrogens is 373 g/mol. The van der Waals surface area contributed by atoms with E-state index in [1.807, 2.05) is 24.3 Å². The zero-order chi connectivity index (χ0) is 20.4.